The summed E-state index contributed by atoms with van der Waals surface area (Å²) in [5.74, 6) is 0.559. The first kappa shape index (κ1) is 17.9. The lowest BCUT2D eigenvalue weighted by Crippen LogP contribution is -2.47. The van der Waals surface area contributed by atoms with Crippen LogP contribution in [0, 0.1) is 5.92 Å². The van der Waals surface area contributed by atoms with Crippen molar-refractivity contribution in [3.63, 3.8) is 0 Å². The van der Waals surface area contributed by atoms with Gasteiger partial charge >= 0.3 is 0 Å². The second-order valence-electron chi connectivity index (χ2n) is 6.26. The van der Waals surface area contributed by atoms with Gasteiger partial charge in [0.1, 0.15) is 12.7 Å². The number of aliphatic hydroxyl groups excluding tert-OH is 1. The van der Waals surface area contributed by atoms with E-state index in [-0.39, 0.29) is 24.0 Å². The number of ether oxygens (including phenoxy) is 2. The van der Waals surface area contributed by atoms with Crippen molar-refractivity contribution >= 4 is 5.91 Å². The molecule has 7 heteroatoms. The first-order valence-electron chi connectivity index (χ1n) is 8.04. The standard InChI is InChI=1S/C16H26N2O5/c1-10(2)16(20)17-8-15-14(19)5-4-12(22-15)6-11-7-13(9-21-3)23-18-11/h7,10,12,14-15,19H,4-6,8-9H2,1-3H3,(H,17,20). The summed E-state index contributed by atoms with van der Waals surface area (Å²) in [4.78, 5) is 11.6. The summed E-state index contributed by atoms with van der Waals surface area (Å²) in [7, 11) is 1.60. The number of aliphatic hydroxyl groups is 1. The minimum absolute atomic E-state index is 0.0383. The Morgan fingerprint density at radius 1 is 1.52 bits per heavy atom. The Balaban J connectivity index is 1.85. The molecule has 1 amide bonds. The zero-order chi connectivity index (χ0) is 16.8. The maximum absolute atomic E-state index is 11.6. The van der Waals surface area contributed by atoms with Crippen molar-refractivity contribution < 1.29 is 23.9 Å². The van der Waals surface area contributed by atoms with Gasteiger partial charge in [0, 0.05) is 32.1 Å². The summed E-state index contributed by atoms with van der Waals surface area (Å²) in [5.41, 5.74) is 0.809. The third kappa shape index (κ3) is 5.30. The summed E-state index contributed by atoms with van der Waals surface area (Å²) in [6.07, 6.45) is 1.04. The number of nitrogens with zero attached hydrogens (tertiary/aromatic N) is 1. The van der Waals surface area contributed by atoms with Gasteiger partial charge in [-0.25, -0.2) is 0 Å². The molecule has 0 aromatic carbocycles. The molecule has 1 aromatic rings. The van der Waals surface area contributed by atoms with Gasteiger partial charge in [-0.15, -0.1) is 0 Å². The van der Waals surface area contributed by atoms with Crippen LogP contribution in [0.25, 0.3) is 0 Å². The van der Waals surface area contributed by atoms with Crippen LogP contribution in [0.4, 0.5) is 0 Å². The number of nitrogens with one attached hydrogen (secondary N) is 1. The maximum Gasteiger partial charge on any atom is 0.222 e. The lowest BCUT2D eigenvalue weighted by Gasteiger charge is -2.34. The van der Waals surface area contributed by atoms with Crippen molar-refractivity contribution in [2.24, 2.45) is 5.92 Å². The number of hydrogen-bond acceptors (Lipinski definition) is 6. The number of amides is 1. The molecule has 2 rings (SSSR count). The number of carbonyl (C=O) groups excluding carboxylic acids is 1. The number of rotatable bonds is 7. The van der Waals surface area contributed by atoms with Crippen LogP contribution in [0.2, 0.25) is 0 Å². The minimum atomic E-state index is -0.555. The van der Waals surface area contributed by atoms with E-state index < -0.39 is 6.10 Å². The average Bonchev–Trinajstić information content (AvgIpc) is 2.95. The van der Waals surface area contributed by atoms with E-state index in [0.29, 0.717) is 31.8 Å². The Labute approximate surface area is 136 Å². The predicted octanol–water partition coefficient (Wildman–Crippen LogP) is 1.04. The normalized spacial score (nSPS) is 24.8. The molecule has 2 N–H and O–H groups in total. The highest BCUT2D eigenvalue weighted by atomic mass is 16.5. The Kier molecular flexibility index (Phi) is 6.56. The fraction of sp³-hybridized carbons (Fsp3) is 0.750. The van der Waals surface area contributed by atoms with Crippen LogP contribution in [0.15, 0.2) is 10.6 Å². The third-order valence-electron chi connectivity index (χ3n) is 3.91. The van der Waals surface area contributed by atoms with E-state index >= 15 is 0 Å². The van der Waals surface area contributed by atoms with Gasteiger partial charge in [-0.3, -0.25) is 4.79 Å². The van der Waals surface area contributed by atoms with Gasteiger partial charge in [-0.1, -0.05) is 19.0 Å². The SMILES string of the molecule is COCc1cc(CC2CCC(O)C(CNC(=O)C(C)C)O2)no1. The van der Waals surface area contributed by atoms with E-state index in [1.807, 2.05) is 19.9 Å². The molecule has 0 saturated carbocycles. The first-order valence-corrected chi connectivity index (χ1v) is 8.04. The Morgan fingerprint density at radius 3 is 3.00 bits per heavy atom. The maximum atomic E-state index is 11.6. The molecule has 23 heavy (non-hydrogen) atoms. The van der Waals surface area contributed by atoms with Gasteiger partial charge in [0.2, 0.25) is 5.91 Å². The fourth-order valence-corrected chi connectivity index (χ4v) is 2.58. The lowest BCUT2D eigenvalue weighted by atomic mass is 9.98. The second-order valence-corrected chi connectivity index (χ2v) is 6.26. The van der Waals surface area contributed by atoms with E-state index in [4.69, 9.17) is 14.0 Å². The number of methoxy groups -OCH3 is 1. The molecular weight excluding hydrogens is 300 g/mol. The lowest BCUT2D eigenvalue weighted by molar-refractivity contribution is -0.131. The van der Waals surface area contributed by atoms with Gasteiger partial charge in [0.15, 0.2) is 5.76 Å². The molecule has 0 spiro atoms. The summed E-state index contributed by atoms with van der Waals surface area (Å²) in [5, 5.41) is 16.9. The summed E-state index contributed by atoms with van der Waals surface area (Å²) >= 11 is 0. The zero-order valence-corrected chi connectivity index (χ0v) is 13.9. The summed E-state index contributed by atoms with van der Waals surface area (Å²) in [6, 6.07) is 1.85. The summed E-state index contributed by atoms with van der Waals surface area (Å²) < 4.78 is 16.1. The molecule has 1 saturated heterocycles. The molecule has 0 radical (unpaired) electrons. The molecule has 0 aliphatic carbocycles. The number of carbonyl (C=O) groups is 1. The van der Waals surface area contributed by atoms with Crippen LogP contribution in [0.5, 0.6) is 0 Å². The minimum Gasteiger partial charge on any atom is -0.390 e. The van der Waals surface area contributed by atoms with Crippen molar-refractivity contribution in [1.29, 1.82) is 0 Å². The van der Waals surface area contributed by atoms with Gasteiger partial charge < -0.3 is 24.4 Å². The van der Waals surface area contributed by atoms with Crippen LogP contribution >= 0.6 is 0 Å². The Hall–Kier alpha value is -1.44. The highest BCUT2D eigenvalue weighted by Crippen LogP contribution is 2.22. The van der Waals surface area contributed by atoms with Crippen molar-refractivity contribution in [3.8, 4) is 0 Å². The first-order chi connectivity index (χ1) is 11.0. The third-order valence-corrected chi connectivity index (χ3v) is 3.91. The molecule has 0 bridgehead atoms. The van der Waals surface area contributed by atoms with Crippen LogP contribution in [0.3, 0.4) is 0 Å². The fourth-order valence-electron chi connectivity index (χ4n) is 2.58. The van der Waals surface area contributed by atoms with Crippen LogP contribution in [-0.2, 0) is 27.3 Å². The summed E-state index contributed by atoms with van der Waals surface area (Å²) in [6.45, 7) is 4.38. The molecule has 1 aliphatic rings. The smallest absolute Gasteiger partial charge is 0.222 e. The molecule has 1 aliphatic heterocycles. The Bertz CT molecular complexity index is 502. The number of hydrogen-bond donors (Lipinski definition) is 2. The molecule has 3 atom stereocenters. The van der Waals surface area contributed by atoms with Gasteiger partial charge in [0.25, 0.3) is 0 Å². The Morgan fingerprint density at radius 2 is 2.30 bits per heavy atom. The van der Waals surface area contributed by atoms with Gasteiger partial charge in [0.05, 0.1) is 17.9 Å². The molecular formula is C16H26N2O5. The van der Waals surface area contributed by atoms with Gasteiger partial charge in [-0.2, -0.15) is 0 Å². The predicted molar refractivity (Wildman–Crippen MR) is 82.7 cm³/mol. The van der Waals surface area contributed by atoms with Gasteiger partial charge in [-0.05, 0) is 12.8 Å². The average molecular weight is 326 g/mol. The molecule has 3 unspecified atom stereocenters. The highest BCUT2D eigenvalue weighted by Gasteiger charge is 2.30. The van der Waals surface area contributed by atoms with Crippen molar-refractivity contribution in [1.82, 2.24) is 10.5 Å². The van der Waals surface area contributed by atoms with E-state index in [0.717, 1.165) is 12.1 Å². The van der Waals surface area contributed by atoms with E-state index in [1.54, 1.807) is 7.11 Å². The van der Waals surface area contributed by atoms with Crippen LogP contribution < -0.4 is 5.32 Å². The topological polar surface area (TPSA) is 93.8 Å². The van der Waals surface area contributed by atoms with Crippen molar-refractivity contribution in [2.45, 2.75) is 58.0 Å². The largest absolute Gasteiger partial charge is 0.390 e. The van der Waals surface area contributed by atoms with Crippen molar-refractivity contribution in [2.75, 3.05) is 13.7 Å². The molecule has 1 fully saturated rings. The van der Waals surface area contributed by atoms with E-state index in [1.165, 1.54) is 0 Å². The number of aromatic nitrogens is 1. The van der Waals surface area contributed by atoms with Crippen LogP contribution in [0.1, 0.15) is 38.1 Å². The van der Waals surface area contributed by atoms with E-state index in [2.05, 4.69) is 10.5 Å². The highest BCUT2D eigenvalue weighted by molar-refractivity contribution is 5.77. The molecule has 7 nitrogen and oxygen atoms in total. The zero-order valence-electron chi connectivity index (χ0n) is 13.9. The molecule has 2 heterocycles. The van der Waals surface area contributed by atoms with Crippen molar-refractivity contribution in [3.05, 3.63) is 17.5 Å². The second kappa shape index (κ2) is 8.42. The quantitative estimate of drug-likeness (QED) is 0.778. The molecule has 130 valence electrons. The monoisotopic (exact) mass is 326 g/mol. The van der Waals surface area contributed by atoms with E-state index in [9.17, 15) is 9.90 Å². The van der Waals surface area contributed by atoms with Crippen LogP contribution in [-0.4, -0.2) is 48.1 Å². The molecule has 1 aromatic heterocycles.